The number of carboxylic acids is 1. The summed E-state index contributed by atoms with van der Waals surface area (Å²) in [5.74, 6) is -1.00. The quantitative estimate of drug-likeness (QED) is 0.613. The summed E-state index contributed by atoms with van der Waals surface area (Å²) in [4.78, 5) is 18.9. The second kappa shape index (κ2) is 2.57. The maximum atomic E-state index is 10.7. The SMILES string of the molecule is O=C(O)c1cc2nc3cncc-3cn2[nH]1. The third-order valence-corrected chi connectivity index (χ3v) is 2.20. The van der Waals surface area contributed by atoms with E-state index in [0.29, 0.717) is 5.65 Å². The Morgan fingerprint density at radius 3 is 3.13 bits per heavy atom. The predicted molar refractivity (Wildman–Crippen MR) is 50.9 cm³/mol. The van der Waals surface area contributed by atoms with E-state index in [1.807, 2.05) is 0 Å². The van der Waals surface area contributed by atoms with Crippen molar-refractivity contribution >= 4 is 11.6 Å². The van der Waals surface area contributed by atoms with E-state index in [1.165, 1.54) is 6.07 Å². The van der Waals surface area contributed by atoms with Crippen LogP contribution >= 0.6 is 0 Å². The highest BCUT2D eigenvalue weighted by Gasteiger charge is 2.11. The molecule has 6 nitrogen and oxygen atoms in total. The van der Waals surface area contributed by atoms with Crippen LogP contribution in [0.4, 0.5) is 0 Å². The van der Waals surface area contributed by atoms with Crippen molar-refractivity contribution in [2.75, 3.05) is 0 Å². The predicted octanol–water partition coefficient (Wildman–Crippen LogP) is 0.860. The normalized spacial score (nSPS) is 11.2. The molecule has 0 atom stereocenters. The Hall–Kier alpha value is -2.37. The van der Waals surface area contributed by atoms with Gasteiger partial charge in [0.05, 0.1) is 11.9 Å². The fraction of sp³-hybridized carbons (Fsp3) is 0. The molecule has 3 heterocycles. The molecule has 3 rings (SSSR count). The number of nitrogens with one attached hydrogen (secondary N) is 1. The van der Waals surface area contributed by atoms with Gasteiger partial charge in [-0.15, -0.1) is 0 Å². The van der Waals surface area contributed by atoms with Gasteiger partial charge in [0.1, 0.15) is 5.69 Å². The Labute approximate surface area is 83.5 Å². The van der Waals surface area contributed by atoms with Gasteiger partial charge in [-0.3, -0.25) is 10.1 Å². The smallest absolute Gasteiger partial charge is 0.353 e. The molecule has 0 unspecified atom stereocenters. The lowest BCUT2D eigenvalue weighted by atomic mass is 10.3. The third kappa shape index (κ3) is 1.08. The fourth-order valence-electron chi connectivity index (χ4n) is 1.50. The number of carbonyl (C=O) groups is 1. The molecule has 74 valence electrons. The zero-order chi connectivity index (χ0) is 10.4. The molecule has 0 aromatic carbocycles. The van der Waals surface area contributed by atoms with Crippen LogP contribution in [0.15, 0.2) is 24.7 Å². The van der Waals surface area contributed by atoms with Crippen LogP contribution in [-0.4, -0.2) is 30.7 Å². The maximum absolute atomic E-state index is 10.7. The van der Waals surface area contributed by atoms with Gasteiger partial charge in [-0.1, -0.05) is 0 Å². The Morgan fingerprint density at radius 2 is 2.33 bits per heavy atom. The molecule has 0 spiro atoms. The van der Waals surface area contributed by atoms with E-state index in [4.69, 9.17) is 5.11 Å². The van der Waals surface area contributed by atoms with Crippen molar-refractivity contribution in [3.8, 4) is 11.3 Å². The molecule has 0 fully saturated rings. The third-order valence-electron chi connectivity index (χ3n) is 2.20. The van der Waals surface area contributed by atoms with Crippen molar-refractivity contribution in [2.45, 2.75) is 0 Å². The maximum Gasteiger partial charge on any atom is 0.353 e. The number of hydrogen-bond acceptors (Lipinski definition) is 3. The second-order valence-electron chi connectivity index (χ2n) is 3.19. The highest BCUT2D eigenvalue weighted by atomic mass is 16.4. The summed E-state index contributed by atoms with van der Waals surface area (Å²) >= 11 is 0. The molecular weight excluding hydrogens is 196 g/mol. The van der Waals surface area contributed by atoms with Crippen LogP contribution in [0.3, 0.4) is 0 Å². The van der Waals surface area contributed by atoms with Crippen LogP contribution < -0.4 is 0 Å². The summed E-state index contributed by atoms with van der Waals surface area (Å²) in [6.07, 6.45) is 5.08. The van der Waals surface area contributed by atoms with Gasteiger partial charge >= 0.3 is 5.97 Å². The van der Waals surface area contributed by atoms with E-state index in [0.717, 1.165) is 11.3 Å². The van der Waals surface area contributed by atoms with E-state index in [9.17, 15) is 4.79 Å². The van der Waals surface area contributed by atoms with Crippen LogP contribution in [0.2, 0.25) is 0 Å². The molecule has 2 aliphatic heterocycles. The van der Waals surface area contributed by atoms with Crippen molar-refractivity contribution in [2.24, 2.45) is 0 Å². The average Bonchev–Trinajstić information content (AvgIpc) is 2.77. The zero-order valence-corrected chi connectivity index (χ0v) is 7.51. The van der Waals surface area contributed by atoms with Gasteiger partial charge in [0.25, 0.3) is 0 Å². The Morgan fingerprint density at radius 1 is 1.47 bits per heavy atom. The summed E-state index contributed by atoms with van der Waals surface area (Å²) in [5, 5.41) is 11.5. The fourth-order valence-corrected chi connectivity index (χ4v) is 1.50. The summed E-state index contributed by atoms with van der Waals surface area (Å²) in [7, 11) is 0. The average molecular weight is 202 g/mol. The van der Waals surface area contributed by atoms with Gasteiger partial charge in [-0.05, 0) is 0 Å². The minimum Gasteiger partial charge on any atom is -0.477 e. The van der Waals surface area contributed by atoms with E-state index in [2.05, 4.69) is 15.1 Å². The number of carboxylic acid groups (broad SMARTS) is 1. The van der Waals surface area contributed by atoms with Crippen LogP contribution in [0.5, 0.6) is 0 Å². The number of nitrogens with zero attached hydrogens (tertiary/aromatic N) is 3. The lowest BCUT2D eigenvalue weighted by Gasteiger charge is -1.97. The monoisotopic (exact) mass is 202 g/mol. The van der Waals surface area contributed by atoms with Gasteiger partial charge < -0.3 is 5.11 Å². The first kappa shape index (κ1) is 7.98. The topological polar surface area (TPSA) is 83.3 Å². The Kier molecular flexibility index (Phi) is 1.37. The molecule has 0 amide bonds. The molecule has 15 heavy (non-hydrogen) atoms. The summed E-state index contributed by atoms with van der Waals surface area (Å²) in [6.45, 7) is 0. The second-order valence-corrected chi connectivity index (χ2v) is 3.19. The zero-order valence-electron chi connectivity index (χ0n) is 7.51. The number of aromatic carboxylic acids is 1. The molecule has 0 bridgehead atoms. The number of aromatic amines is 1. The minimum atomic E-state index is -1.00. The van der Waals surface area contributed by atoms with Gasteiger partial charge in [0.2, 0.25) is 0 Å². The van der Waals surface area contributed by atoms with E-state index < -0.39 is 5.97 Å². The first-order valence-electron chi connectivity index (χ1n) is 4.29. The molecule has 1 aromatic heterocycles. The van der Waals surface area contributed by atoms with E-state index in [1.54, 1.807) is 23.1 Å². The molecule has 0 saturated heterocycles. The van der Waals surface area contributed by atoms with Gasteiger partial charge in [0, 0.05) is 24.0 Å². The molecule has 1 aromatic rings. The summed E-state index contributed by atoms with van der Waals surface area (Å²) in [6, 6.07) is 1.48. The van der Waals surface area contributed by atoms with Crippen molar-refractivity contribution in [3.05, 3.63) is 30.4 Å². The molecule has 0 radical (unpaired) electrons. The molecule has 0 aliphatic carbocycles. The van der Waals surface area contributed by atoms with Crippen LogP contribution in [0.25, 0.3) is 16.9 Å². The summed E-state index contributed by atoms with van der Waals surface area (Å²) in [5.41, 5.74) is 2.30. The van der Waals surface area contributed by atoms with Crippen molar-refractivity contribution in [3.63, 3.8) is 0 Å². The number of aromatic nitrogens is 4. The molecule has 6 heteroatoms. The first-order chi connectivity index (χ1) is 7.24. The van der Waals surface area contributed by atoms with Crippen LogP contribution in [0, 0.1) is 0 Å². The Bertz CT molecular complexity index is 579. The highest BCUT2D eigenvalue weighted by Crippen LogP contribution is 2.19. The molecule has 2 aliphatic rings. The number of H-pyrrole nitrogens is 1. The van der Waals surface area contributed by atoms with Crippen molar-refractivity contribution in [1.29, 1.82) is 0 Å². The van der Waals surface area contributed by atoms with E-state index in [-0.39, 0.29) is 5.69 Å². The summed E-state index contributed by atoms with van der Waals surface area (Å²) < 4.78 is 1.56. The number of fused-ring (bicyclic) bond motifs is 2. The number of hydrogen-bond donors (Lipinski definition) is 2. The molecule has 2 N–H and O–H groups in total. The van der Waals surface area contributed by atoms with Crippen LogP contribution in [-0.2, 0) is 0 Å². The van der Waals surface area contributed by atoms with E-state index >= 15 is 0 Å². The number of rotatable bonds is 1. The van der Waals surface area contributed by atoms with Gasteiger partial charge in [-0.25, -0.2) is 14.3 Å². The first-order valence-corrected chi connectivity index (χ1v) is 4.29. The standard InChI is InChI=1S/C9H6N4O2/c14-9(15)6-1-8-11-7-3-10-2-5(7)4-13(8)12-6/h1-4,12H,(H,14,15). The van der Waals surface area contributed by atoms with Gasteiger partial charge in [-0.2, -0.15) is 0 Å². The molecular formula is C9H6N4O2. The largest absolute Gasteiger partial charge is 0.477 e. The van der Waals surface area contributed by atoms with Crippen molar-refractivity contribution < 1.29 is 9.90 Å². The van der Waals surface area contributed by atoms with Crippen molar-refractivity contribution in [1.82, 2.24) is 19.6 Å². The minimum absolute atomic E-state index is 0.114. The molecule has 0 saturated carbocycles. The highest BCUT2D eigenvalue weighted by molar-refractivity contribution is 5.86. The Balaban J connectivity index is 2.36. The lowest BCUT2D eigenvalue weighted by molar-refractivity contribution is 0.0690. The lowest BCUT2D eigenvalue weighted by Crippen LogP contribution is -1.97. The van der Waals surface area contributed by atoms with Crippen LogP contribution in [0.1, 0.15) is 10.5 Å². The van der Waals surface area contributed by atoms with Gasteiger partial charge in [0.15, 0.2) is 5.65 Å².